The predicted octanol–water partition coefficient (Wildman–Crippen LogP) is 2.14. The van der Waals surface area contributed by atoms with Crippen LogP contribution in [0.3, 0.4) is 0 Å². The van der Waals surface area contributed by atoms with Gasteiger partial charge in [-0.25, -0.2) is 0 Å². The molecule has 1 unspecified atom stereocenters. The van der Waals surface area contributed by atoms with Gasteiger partial charge in [-0.2, -0.15) is 0 Å². The minimum atomic E-state index is -0.273. The van der Waals surface area contributed by atoms with Crippen molar-refractivity contribution in [2.24, 2.45) is 5.73 Å². The lowest BCUT2D eigenvalue weighted by atomic mass is 10.2. The standard InChI is InChI=1S/C8H10BrClN2O/c1-13-4-7(11)8-6(10)2-5(9)3-12-8/h2-3,7H,4,11H2,1H3. The van der Waals surface area contributed by atoms with Crippen LogP contribution in [-0.2, 0) is 4.74 Å². The lowest BCUT2D eigenvalue weighted by Gasteiger charge is -2.11. The molecule has 0 radical (unpaired) electrons. The summed E-state index contributed by atoms with van der Waals surface area (Å²) in [5.74, 6) is 0. The summed E-state index contributed by atoms with van der Waals surface area (Å²) in [6.07, 6.45) is 1.66. The van der Waals surface area contributed by atoms with Crippen molar-refractivity contribution in [2.45, 2.75) is 6.04 Å². The van der Waals surface area contributed by atoms with Crippen LogP contribution in [0, 0.1) is 0 Å². The molecule has 0 aliphatic heterocycles. The fourth-order valence-corrected chi connectivity index (χ4v) is 1.73. The molecular formula is C8H10BrClN2O. The quantitative estimate of drug-likeness (QED) is 0.911. The Bertz CT molecular complexity index is 295. The fraction of sp³-hybridized carbons (Fsp3) is 0.375. The Hall–Kier alpha value is -0.160. The first-order valence-corrected chi connectivity index (χ1v) is 4.87. The maximum absolute atomic E-state index is 5.93. The molecule has 0 fully saturated rings. The monoisotopic (exact) mass is 264 g/mol. The van der Waals surface area contributed by atoms with Gasteiger partial charge in [0.2, 0.25) is 0 Å². The van der Waals surface area contributed by atoms with Crippen LogP contribution in [0.2, 0.25) is 5.02 Å². The average Bonchev–Trinajstić information content (AvgIpc) is 2.04. The van der Waals surface area contributed by atoms with E-state index < -0.39 is 0 Å². The second-order valence-corrected chi connectivity index (χ2v) is 3.91. The van der Waals surface area contributed by atoms with Crippen molar-refractivity contribution in [3.8, 4) is 0 Å². The van der Waals surface area contributed by atoms with Gasteiger partial charge in [-0.05, 0) is 22.0 Å². The molecule has 72 valence electrons. The number of aromatic nitrogens is 1. The zero-order chi connectivity index (χ0) is 9.84. The van der Waals surface area contributed by atoms with Crippen LogP contribution in [0.15, 0.2) is 16.7 Å². The molecule has 1 aromatic heterocycles. The molecule has 3 nitrogen and oxygen atoms in total. The Morgan fingerprint density at radius 3 is 3.00 bits per heavy atom. The smallest absolute Gasteiger partial charge is 0.0781 e. The molecule has 0 aliphatic rings. The van der Waals surface area contributed by atoms with Gasteiger partial charge in [0, 0.05) is 17.8 Å². The maximum atomic E-state index is 5.93. The highest BCUT2D eigenvalue weighted by molar-refractivity contribution is 9.10. The van der Waals surface area contributed by atoms with Crippen molar-refractivity contribution in [2.75, 3.05) is 13.7 Å². The van der Waals surface area contributed by atoms with E-state index in [-0.39, 0.29) is 6.04 Å². The third kappa shape index (κ3) is 2.91. The topological polar surface area (TPSA) is 48.1 Å². The molecule has 0 bridgehead atoms. The Balaban J connectivity index is 2.88. The number of methoxy groups -OCH3 is 1. The summed E-state index contributed by atoms with van der Waals surface area (Å²) in [6, 6.07) is 1.49. The molecule has 13 heavy (non-hydrogen) atoms. The van der Waals surface area contributed by atoms with E-state index in [1.165, 1.54) is 0 Å². The number of pyridine rings is 1. The fourth-order valence-electron chi connectivity index (χ4n) is 0.956. The molecule has 2 N–H and O–H groups in total. The molecule has 0 saturated heterocycles. The SMILES string of the molecule is COCC(N)c1ncc(Br)cc1Cl. The minimum absolute atomic E-state index is 0.273. The van der Waals surface area contributed by atoms with Gasteiger partial charge >= 0.3 is 0 Å². The van der Waals surface area contributed by atoms with E-state index in [2.05, 4.69) is 20.9 Å². The molecule has 0 amide bonds. The Kier molecular flexibility index (Phi) is 4.12. The van der Waals surface area contributed by atoms with Crippen LogP contribution in [0.25, 0.3) is 0 Å². The van der Waals surface area contributed by atoms with Crippen LogP contribution >= 0.6 is 27.5 Å². The number of rotatable bonds is 3. The molecule has 0 aromatic carbocycles. The summed E-state index contributed by atoms with van der Waals surface area (Å²) >= 11 is 9.20. The summed E-state index contributed by atoms with van der Waals surface area (Å²) in [4.78, 5) is 4.11. The predicted molar refractivity (Wildman–Crippen MR) is 55.8 cm³/mol. The number of nitrogens with zero attached hydrogens (tertiary/aromatic N) is 1. The molecule has 1 atom stereocenters. The molecule has 5 heteroatoms. The van der Waals surface area contributed by atoms with Gasteiger partial charge in [-0.15, -0.1) is 0 Å². The van der Waals surface area contributed by atoms with Crippen LogP contribution in [0.4, 0.5) is 0 Å². The second-order valence-electron chi connectivity index (χ2n) is 2.58. The minimum Gasteiger partial charge on any atom is -0.383 e. The molecule has 0 saturated carbocycles. The van der Waals surface area contributed by atoms with Gasteiger partial charge in [0.1, 0.15) is 0 Å². The average molecular weight is 266 g/mol. The molecule has 0 spiro atoms. The van der Waals surface area contributed by atoms with Crippen molar-refractivity contribution in [1.29, 1.82) is 0 Å². The molecular weight excluding hydrogens is 255 g/mol. The highest BCUT2D eigenvalue weighted by Gasteiger charge is 2.11. The van der Waals surface area contributed by atoms with Crippen LogP contribution in [-0.4, -0.2) is 18.7 Å². The molecule has 0 aliphatic carbocycles. The Morgan fingerprint density at radius 1 is 1.77 bits per heavy atom. The summed E-state index contributed by atoms with van der Waals surface area (Å²) < 4.78 is 5.75. The maximum Gasteiger partial charge on any atom is 0.0781 e. The first-order valence-electron chi connectivity index (χ1n) is 3.70. The van der Waals surface area contributed by atoms with Crippen molar-refractivity contribution in [1.82, 2.24) is 4.98 Å². The van der Waals surface area contributed by atoms with Gasteiger partial charge in [-0.3, -0.25) is 4.98 Å². The lowest BCUT2D eigenvalue weighted by Crippen LogP contribution is -2.17. The summed E-state index contributed by atoms with van der Waals surface area (Å²) in [5.41, 5.74) is 6.43. The van der Waals surface area contributed by atoms with E-state index in [4.69, 9.17) is 22.1 Å². The van der Waals surface area contributed by atoms with Crippen LogP contribution in [0.1, 0.15) is 11.7 Å². The van der Waals surface area contributed by atoms with Gasteiger partial charge in [0.05, 0.1) is 23.4 Å². The molecule has 1 heterocycles. The van der Waals surface area contributed by atoms with Crippen molar-refractivity contribution in [3.05, 3.63) is 27.5 Å². The van der Waals surface area contributed by atoms with Gasteiger partial charge in [-0.1, -0.05) is 11.6 Å². The summed E-state index contributed by atoms with van der Waals surface area (Å²) in [7, 11) is 1.59. The number of hydrogen-bond acceptors (Lipinski definition) is 3. The van der Waals surface area contributed by atoms with Crippen molar-refractivity contribution in [3.63, 3.8) is 0 Å². The lowest BCUT2D eigenvalue weighted by molar-refractivity contribution is 0.179. The number of nitrogens with two attached hydrogens (primary N) is 1. The van der Waals surface area contributed by atoms with Crippen molar-refractivity contribution < 1.29 is 4.74 Å². The van der Waals surface area contributed by atoms with Crippen LogP contribution < -0.4 is 5.73 Å². The Morgan fingerprint density at radius 2 is 2.46 bits per heavy atom. The molecule has 1 rings (SSSR count). The molecule has 1 aromatic rings. The first-order chi connectivity index (χ1) is 6.15. The summed E-state index contributed by atoms with van der Waals surface area (Å²) in [5, 5.41) is 0.555. The first kappa shape index (κ1) is 10.9. The highest BCUT2D eigenvalue weighted by Crippen LogP contribution is 2.22. The van der Waals surface area contributed by atoms with E-state index >= 15 is 0 Å². The van der Waals surface area contributed by atoms with E-state index in [9.17, 15) is 0 Å². The van der Waals surface area contributed by atoms with Gasteiger partial charge in [0.25, 0.3) is 0 Å². The van der Waals surface area contributed by atoms with Crippen molar-refractivity contribution >= 4 is 27.5 Å². The van der Waals surface area contributed by atoms with Gasteiger partial charge in [0.15, 0.2) is 0 Å². The normalized spacial score (nSPS) is 12.9. The van der Waals surface area contributed by atoms with E-state index in [1.807, 2.05) is 0 Å². The number of hydrogen-bond donors (Lipinski definition) is 1. The van der Waals surface area contributed by atoms with Gasteiger partial charge < -0.3 is 10.5 Å². The van der Waals surface area contributed by atoms with E-state index in [0.29, 0.717) is 17.3 Å². The highest BCUT2D eigenvalue weighted by atomic mass is 79.9. The summed E-state index contributed by atoms with van der Waals surface area (Å²) in [6.45, 7) is 0.411. The van der Waals surface area contributed by atoms with Crippen LogP contribution in [0.5, 0.6) is 0 Å². The Labute approximate surface area is 90.4 Å². The van der Waals surface area contributed by atoms with E-state index in [1.54, 1.807) is 19.4 Å². The second kappa shape index (κ2) is 4.91. The third-order valence-corrected chi connectivity index (χ3v) is 2.27. The largest absolute Gasteiger partial charge is 0.383 e. The zero-order valence-corrected chi connectivity index (χ0v) is 9.47. The third-order valence-electron chi connectivity index (χ3n) is 1.53. The zero-order valence-electron chi connectivity index (χ0n) is 7.13. The number of halogens is 2. The van der Waals surface area contributed by atoms with E-state index in [0.717, 1.165) is 4.47 Å². The number of ether oxygens (including phenoxy) is 1.